The van der Waals surface area contributed by atoms with Gasteiger partial charge >= 0.3 is 11.9 Å². The van der Waals surface area contributed by atoms with Gasteiger partial charge in [-0.15, -0.1) is 0 Å². The molecule has 2 fully saturated rings. The average molecular weight is 521 g/mol. The normalized spacial score (nSPS) is 16.3. The van der Waals surface area contributed by atoms with Gasteiger partial charge in [-0.3, -0.25) is 9.69 Å². The van der Waals surface area contributed by atoms with E-state index >= 15 is 0 Å². The Balaban J connectivity index is 0.000000436. The van der Waals surface area contributed by atoms with E-state index in [-0.39, 0.29) is 0 Å². The second kappa shape index (κ2) is 15.7. The number of hydrogen-bond acceptors (Lipinski definition) is 5. The lowest BCUT2D eigenvalue weighted by Crippen LogP contribution is -2.33. The number of rotatable bonds is 11. The van der Waals surface area contributed by atoms with Gasteiger partial charge in [-0.25, -0.2) is 9.59 Å². The zero-order chi connectivity index (χ0) is 27.2. The van der Waals surface area contributed by atoms with E-state index in [1.54, 1.807) is 0 Å². The number of benzene rings is 2. The van der Waals surface area contributed by atoms with Crippen molar-refractivity contribution in [2.24, 2.45) is 5.92 Å². The van der Waals surface area contributed by atoms with Crippen molar-refractivity contribution in [2.45, 2.75) is 57.9 Å². The summed E-state index contributed by atoms with van der Waals surface area (Å²) in [5, 5.41) is 15.6. The molecule has 2 saturated heterocycles. The maximum absolute atomic E-state index is 12.5. The minimum absolute atomic E-state index is 0.306. The van der Waals surface area contributed by atoms with Crippen molar-refractivity contribution in [3.8, 4) is 0 Å². The topological polar surface area (TPSA) is 98.2 Å². The third-order valence-corrected chi connectivity index (χ3v) is 7.25. The lowest BCUT2D eigenvalue weighted by molar-refractivity contribution is -0.134. The second-order valence-corrected chi connectivity index (χ2v) is 10.1. The van der Waals surface area contributed by atoms with Gasteiger partial charge in [-0.05, 0) is 80.9 Å². The van der Waals surface area contributed by atoms with Gasteiger partial charge in [0.2, 0.25) is 0 Å². The first-order valence-corrected chi connectivity index (χ1v) is 13.7. The Morgan fingerprint density at radius 2 is 1.39 bits per heavy atom. The van der Waals surface area contributed by atoms with Crippen molar-refractivity contribution >= 4 is 23.4 Å². The summed E-state index contributed by atoms with van der Waals surface area (Å²) < 4.78 is 0. The monoisotopic (exact) mass is 520 g/mol. The summed E-state index contributed by atoms with van der Waals surface area (Å²) in [4.78, 5) is 36.6. The molecule has 204 valence electrons. The molecule has 2 aliphatic heterocycles. The molecule has 2 aromatic carbocycles. The van der Waals surface area contributed by atoms with Gasteiger partial charge in [-0.2, -0.15) is 0 Å². The fourth-order valence-electron chi connectivity index (χ4n) is 5.11. The van der Waals surface area contributed by atoms with Crippen LogP contribution in [0.3, 0.4) is 0 Å². The van der Waals surface area contributed by atoms with Crippen molar-refractivity contribution in [3.05, 3.63) is 77.9 Å². The second-order valence-electron chi connectivity index (χ2n) is 10.1. The van der Waals surface area contributed by atoms with Crippen LogP contribution in [-0.2, 0) is 16.1 Å². The predicted octanol–water partition coefficient (Wildman–Crippen LogP) is 5.65. The molecule has 4 rings (SSSR count). The van der Waals surface area contributed by atoms with Crippen molar-refractivity contribution in [1.82, 2.24) is 4.90 Å². The highest BCUT2D eigenvalue weighted by Crippen LogP contribution is 2.25. The highest BCUT2D eigenvalue weighted by atomic mass is 16.4. The van der Waals surface area contributed by atoms with E-state index in [4.69, 9.17) is 10.2 Å². The van der Waals surface area contributed by atoms with E-state index in [2.05, 4.69) is 52.3 Å². The molecule has 2 heterocycles. The van der Waals surface area contributed by atoms with Crippen LogP contribution in [-0.4, -0.2) is 59.0 Å². The predicted molar refractivity (Wildman–Crippen MR) is 150 cm³/mol. The smallest absolute Gasteiger partial charge is 0.328 e. The van der Waals surface area contributed by atoms with Crippen LogP contribution < -0.4 is 4.90 Å². The van der Waals surface area contributed by atoms with E-state index in [1.165, 1.54) is 62.9 Å². The van der Waals surface area contributed by atoms with Crippen LogP contribution >= 0.6 is 0 Å². The summed E-state index contributed by atoms with van der Waals surface area (Å²) >= 11 is 0. The van der Waals surface area contributed by atoms with E-state index in [0.29, 0.717) is 24.4 Å². The molecule has 0 unspecified atom stereocenters. The van der Waals surface area contributed by atoms with Crippen LogP contribution in [0.4, 0.5) is 5.69 Å². The van der Waals surface area contributed by atoms with Crippen molar-refractivity contribution < 1.29 is 24.6 Å². The van der Waals surface area contributed by atoms with Crippen LogP contribution in [0.15, 0.2) is 66.7 Å². The molecule has 2 N–H and O–H groups in total. The minimum Gasteiger partial charge on any atom is -0.478 e. The molecule has 0 radical (unpaired) electrons. The molecule has 0 aromatic heterocycles. The zero-order valence-electron chi connectivity index (χ0n) is 22.1. The number of carbonyl (C=O) groups excluding carboxylic acids is 1. The quantitative estimate of drug-likeness (QED) is 0.224. The van der Waals surface area contributed by atoms with Crippen molar-refractivity contribution in [3.63, 3.8) is 0 Å². The van der Waals surface area contributed by atoms with Gasteiger partial charge in [0.15, 0.2) is 5.78 Å². The minimum atomic E-state index is -1.26. The molecular formula is C31H40N2O5. The number of Topliss-reactive ketones (excluding diaryl/α,β-unsaturated/α-hetero) is 1. The van der Waals surface area contributed by atoms with E-state index in [0.717, 1.165) is 37.5 Å². The van der Waals surface area contributed by atoms with Crippen LogP contribution in [0, 0.1) is 5.92 Å². The lowest BCUT2D eigenvalue weighted by atomic mass is 9.90. The fraction of sp³-hybridized carbons (Fsp3) is 0.452. The molecule has 0 atom stereocenters. The lowest BCUT2D eigenvalue weighted by Gasteiger charge is -2.32. The third-order valence-electron chi connectivity index (χ3n) is 7.25. The van der Waals surface area contributed by atoms with Crippen LogP contribution in [0.25, 0.3) is 0 Å². The molecule has 0 aliphatic carbocycles. The number of piperidine rings is 1. The van der Waals surface area contributed by atoms with Crippen molar-refractivity contribution in [2.75, 3.05) is 31.1 Å². The molecule has 2 aromatic rings. The summed E-state index contributed by atoms with van der Waals surface area (Å²) in [6, 6.07) is 19.1. The number of ketones is 1. The van der Waals surface area contributed by atoms with Crippen molar-refractivity contribution in [1.29, 1.82) is 0 Å². The molecule has 2 aliphatic rings. The number of nitrogens with zero attached hydrogens (tertiary/aromatic N) is 2. The Hall–Kier alpha value is -3.45. The highest BCUT2D eigenvalue weighted by molar-refractivity contribution is 5.96. The largest absolute Gasteiger partial charge is 0.478 e. The summed E-state index contributed by atoms with van der Waals surface area (Å²) in [6.07, 6.45) is 10.5. The molecule has 0 amide bonds. The average Bonchev–Trinajstić information content (AvgIpc) is 3.47. The number of likely N-dealkylation sites (tertiary alicyclic amines) is 1. The highest BCUT2D eigenvalue weighted by Gasteiger charge is 2.19. The molecule has 0 saturated carbocycles. The fourth-order valence-corrected chi connectivity index (χ4v) is 5.11. The van der Waals surface area contributed by atoms with E-state index < -0.39 is 11.9 Å². The number of unbranched alkanes of at least 4 members (excludes halogenated alkanes) is 1. The van der Waals surface area contributed by atoms with Gasteiger partial charge in [0.25, 0.3) is 0 Å². The Labute approximate surface area is 225 Å². The molecule has 0 spiro atoms. The standard InChI is InChI=1S/C27H36N2O.C4H4O4/c30-27(25-12-14-26(15-13-25)29-18-6-7-19-29)11-5-4-8-23-16-20-28(21-17-23)22-24-9-2-1-3-10-24;5-3(6)1-2-4(7)8/h1-3,9-10,12-15,23H,4-8,11,16-22H2;1-2H,(H,5,6)(H,7,8)/b;2-1+. The Morgan fingerprint density at radius 1 is 0.789 bits per heavy atom. The van der Waals surface area contributed by atoms with Crippen LogP contribution in [0.1, 0.15) is 67.3 Å². The first-order chi connectivity index (χ1) is 18.4. The Bertz CT molecular complexity index is 1020. The number of carbonyl (C=O) groups is 3. The molecule has 7 nitrogen and oxygen atoms in total. The van der Waals surface area contributed by atoms with Crippen LogP contribution in [0.5, 0.6) is 0 Å². The summed E-state index contributed by atoms with van der Waals surface area (Å²) in [5.41, 5.74) is 3.57. The third kappa shape index (κ3) is 10.5. The van der Waals surface area contributed by atoms with Gasteiger partial charge in [0, 0.05) is 49.5 Å². The van der Waals surface area contributed by atoms with E-state index in [9.17, 15) is 14.4 Å². The van der Waals surface area contributed by atoms with E-state index in [1.807, 2.05) is 12.1 Å². The SMILES string of the molecule is O=C(CCCCC1CCN(Cc2ccccc2)CC1)c1ccc(N2CCCC2)cc1.O=C(O)/C=C/C(=O)O. The van der Waals surface area contributed by atoms with Gasteiger partial charge in [0.05, 0.1) is 0 Å². The molecule has 7 heteroatoms. The Kier molecular flexibility index (Phi) is 12.0. The molecule has 38 heavy (non-hydrogen) atoms. The molecule has 0 bridgehead atoms. The first-order valence-electron chi connectivity index (χ1n) is 13.7. The van der Waals surface area contributed by atoms with Crippen LogP contribution in [0.2, 0.25) is 0 Å². The van der Waals surface area contributed by atoms with Gasteiger partial charge < -0.3 is 15.1 Å². The first kappa shape index (κ1) is 29.1. The summed E-state index contributed by atoms with van der Waals surface area (Å²) in [6.45, 7) is 5.80. The Morgan fingerprint density at radius 3 is 1.97 bits per heavy atom. The number of carboxylic acids is 2. The number of aliphatic carboxylic acids is 2. The number of anilines is 1. The number of carboxylic acid groups (broad SMARTS) is 2. The number of hydrogen-bond donors (Lipinski definition) is 2. The van der Waals surface area contributed by atoms with Gasteiger partial charge in [-0.1, -0.05) is 43.2 Å². The molecular weight excluding hydrogens is 480 g/mol. The maximum atomic E-state index is 12.5. The zero-order valence-corrected chi connectivity index (χ0v) is 22.1. The summed E-state index contributed by atoms with van der Waals surface area (Å²) in [7, 11) is 0. The summed E-state index contributed by atoms with van der Waals surface area (Å²) in [5.74, 6) is -1.37. The maximum Gasteiger partial charge on any atom is 0.328 e. The van der Waals surface area contributed by atoms with Gasteiger partial charge in [0.1, 0.15) is 0 Å².